The minimum absolute atomic E-state index is 0.00808. The lowest BCUT2D eigenvalue weighted by Gasteiger charge is -2.18. The van der Waals surface area contributed by atoms with E-state index in [0.29, 0.717) is 43.1 Å². The smallest absolute Gasteiger partial charge is 0.256 e. The van der Waals surface area contributed by atoms with Crippen LogP contribution in [-0.2, 0) is 6.42 Å². The predicted molar refractivity (Wildman–Crippen MR) is 103 cm³/mol. The molecule has 1 saturated heterocycles. The third kappa shape index (κ3) is 4.45. The number of aromatic nitrogens is 1. The van der Waals surface area contributed by atoms with Gasteiger partial charge in [-0.15, -0.1) is 0 Å². The van der Waals surface area contributed by atoms with Crippen LogP contribution in [0.3, 0.4) is 0 Å². The van der Waals surface area contributed by atoms with Gasteiger partial charge in [-0.1, -0.05) is 19.1 Å². The molecule has 1 unspecified atom stereocenters. The highest BCUT2D eigenvalue weighted by Gasteiger charge is 2.29. The highest BCUT2D eigenvalue weighted by atomic mass is 16.5. The minimum atomic E-state index is -0.206. The Kier molecular flexibility index (Phi) is 6.06. The van der Waals surface area contributed by atoms with E-state index < -0.39 is 0 Å². The highest BCUT2D eigenvalue weighted by Crippen LogP contribution is 2.21. The van der Waals surface area contributed by atoms with Crippen molar-refractivity contribution in [3.63, 3.8) is 0 Å². The number of benzene rings is 1. The molecule has 0 bridgehead atoms. The molecule has 1 aliphatic rings. The summed E-state index contributed by atoms with van der Waals surface area (Å²) in [6.45, 7) is 5.60. The normalized spacial score (nSPS) is 16.2. The zero-order chi connectivity index (χ0) is 19.2. The first kappa shape index (κ1) is 18.9. The monoisotopic (exact) mass is 367 g/mol. The van der Waals surface area contributed by atoms with E-state index in [0.717, 1.165) is 6.42 Å². The molecule has 0 radical (unpaired) electrons. The Balaban J connectivity index is 1.64. The van der Waals surface area contributed by atoms with E-state index in [1.807, 2.05) is 31.2 Å². The summed E-state index contributed by atoms with van der Waals surface area (Å²) in [4.78, 5) is 30.8. The van der Waals surface area contributed by atoms with Gasteiger partial charge in [0.15, 0.2) is 0 Å². The molecule has 2 heterocycles. The molecule has 27 heavy (non-hydrogen) atoms. The van der Waals surface area contributed by atoms with Gasteiger partial charge < -0.3 is 15.0 Å². The molecule has 3 rings (SSSR count). The Morgan fingerprint density at radius 1 is 1.22 bits per heavy atom. The Morgan fingerprint density at radius 3 is 2.70 bits per heavy atom. The van der Waals surface area contributed by atoms with Gasteiger partial charge in [-0.05, 0) is 43.2 Å². The number of aryl methyl sites for hydroxylation is 1. The van der Waals surface area contributed by atoms with Crippen molar-refractivity contribution in [2.75, 3.05) is 19.6 Å². The van der Waals surface area contributed by atoms with Crippen LogP contribution in [-0.4, -0.2) is 47.4 Å². The van der Waals surface area contributed by atoms with E-state index in [9.17, 15) is 9.59 Å². The number of ether oxygens (including phenoxy) is 1. The number of nitrogens with zero attached hydrogens (tertiary/aromatic N) is 2. The Hall–Kier alpha value is -2.89. The Labute approximate surface area is 159 Å². The van der Waals surface area contributed by atoms with Gasteiger partial charge in [0, 0.05) is 31.3 Å². The summed E-state index contributed by atoms with van der Waals surface area (Å²) in [7, 11) is 0. The van der Waals surface area contributed by atoms with Crippen molar-refractivity contribution in [2.45, 2.75) is 32.8 Å². The summed E-state index contributed by atoms with van der Waals surface area (Å²) in [6.07, 6.45) is 3.09. The van der Waals surface area contributed by atoms with Crippen LogP contribution in [0.2, 0.25) is 0 Å². The average molecular weight is 367 g/mol. The maximum absolute atomic E-state index is 12.7. The van der Waals surface area contributed by atoms with Gasteiger partial charge in [0.1, 0.15) is 11.7 Å². The molecule has 0 saturated carbocycles. The predicted octanol–water partition coefficient (Wildman–Crippen LogP) is 2.69. The Bertz CT molecular complexity index is 805. The summed E-state index contributed by atoms with van der Waals surface area (Å²) in [5, 5.41) is 2.76. The van der Waals surface area contributed by atoms with E-state index in [2.05, 4.69) is 17.2 Å². The van der Waals surface area contributed by atoms with E-state index in [-0.39, 0.29) is 17.9 Å². The van der Waals surface area contributed by atoms with Crippen LogP contribution in [0.25, 0.3) is 0 Å². The summed E-state index contributed by atoms with van der Waals surface area (Å²) < 4.78 is 5.96. The summed E-state index contributed by atoms with van der Waals surface area (Å²) in [5.41, 5.74) is 2.31. The van der Waals surface area contributed by atoms with Gasteiger partial charge in [-0.2, -0.15) is 0 Å². The summed E-state index contributed by atoms with van der Waals surface area (Å²) >= 11 is 0. The second-order valence-corrected chi connectivity index (χ2v) is 6.55. The van der Waals surface area contributed by atoms with Crippen molar-refractivity contribution in [1.82, 2.24) is 15.2 Å². The van der Waals surface area contributed by atoms with Gasteiger partial charge in [0.2, 0.25) is 5.88 Å². The molecule has 1 aromatic carbocycles. The van der Waals surface area contributed by atoms with Gasteiger partial charge in [0.25, 0.3) is 11.8 Å². The number of hydrogen-bond acceptors (Lipinski definition) is 4. The summed E-state index contributed by atoms with van der Waals surface area (Å²) in [5.74, 6) is 0.117. The van der Waals surface area contributed by atoms with Crippen molar-refractivity contribution in [3.05, 3.63) is 59.3 Å². The number of hydrogen-bond donors (Lipinski definition) is 1. The number of rotatable bonds is 6. The van der Waals surface area contributed by atoms with Gasteiger partial charge in [-0.25, -0.2) is 4.98 Å². The third-order valence-electron chi connectivity index (χ3n) is 4.67. The quantitative estimate of drug-likeness (QED) is 0.852. The zero-order valence-electron chi connectivity index (χ0n) is 15.8. The van der Waals surface area contributed by atoms with Crippen LogP contribution >= 0.6 is 0 Å². The largest absolute Gasteiger partial charge is 0.472 e. The topological polar surface area (TPSA) is 71.5 Å². The van der Waals surface area contributed by atoms with Crippen molar-refractivity contribution < 1.29 is 14.3 Å². The first-order chi connectivity index (χ1) is 13.1. The molecule has 1 aliphatic heterocycles. The average Bonchev–Trinajstić information content (AvgIpc) is 3.16. The van der Waals surface area contributed by atoms with E-state index in [1.54, 1.807) is 23.2 Å². The van der Waals surface area contributed by atoms with Crippen molar-refractivity contribution >= 4 is 11.8 Å². The van der Waals surface area contributed by atoms with Gasteiger partial charge >= 0.3 is 0 Å². The van der Waals surface area contributed by atoms with Crippen molar-refractivity contribution in [1.29, 1.82) is 0 Å². The molecule has 2 amide bonds. The zero-order valence-corrected chi connectivity index (χ0v) is 15.8. The molecule has 2 aromatic rings. The molecular weight excluding hydrogens is 342 g/mol. The van der Waals surface area contributed by atoms with Gasteiger partial charge in [-0.3, -0.25) is 9.59 Å². The van der Waals surface area contributed by atoms with Gasteiger partial charge in [0.05, 0.1) is 6.54 Å². The standard InChI is InChI=1S/C21H25N3O3/c1-3-15-7-9-16(10-8-15)21(26)24-13-11-17(14-24)27-20-18(6-5-12-23-20)19(25)22-4-2/h5-10,12,17H,3-4,11,13-14H2,1-2H3,(H,22,25). The molecule has 142 valence electrons. The van der Waals surface area contributed by atoms with Crippen LogP contribution in [0.15, 0.2) is 42.6 Å². The first-order valence-corrected chi connectivity index (χ1v) is 9.40. The fourth-order valence-electron chi connectivity index (χ4n) is 3.15. The maximum atomic E-state index is 12.7. The Morgan fingerprint density at radius 2 is 2.00 bits per heavy atom. The second kappa shape index (κ2) is 8.66. The van der Waals surface area contributed by atoms with E-state index in [4.69, 9.17) is 4.74 Å². The van der Waals surface area contributed by atoms with Crippen molar-refractivity contribution in [2.24, 2.45) is 0 Å². The molecule has 1 N–H and O–H groups in total. The molecule has 6 heteroatoms. The van der Waals surface area contributed by atoms with Crippen LogP contribution in [0.5, 0.6) is 5.88 Å². The first-order valence-electron chi connectivity index (χ1n) is 9.40. The number of nitrogens with one attached hydrogen (secondary N) is 1. The number of carbonyl (C=O) groups excluding carboxylic acids is 2. The number of carbonyl (C=O) groups is 2. The van der Waals surface area contributed by atoms with Crippen molar-refractivity contribution in [3.8, 4) is 5.88 Å². The lowest BCUT2D eigenvalue weighted by Crippen LogP contribution is -2.31. The molecule has 1 aromatic heterocycles. The lowest BCUT2D eigenvalue weighted by molar-refractivity contribution is 0.0768. The number of likely N-dealkylation sites (tertiary alicyclic amines) is 1. The van der Waals surface area contributed by atoms with Crippen LogP contribution in [0.1, 0.15) is 46.5 Å². The molecule has 1 atom stereocenters. The highest BCUT2D eigenvalue weighted by molar-refractivity contribution is 5.96. The third-order valence-corrected chi connectivity index (χ3v) is 4.67. The molecular formula is C21H25N3O3. The van der Waals surface area contributed by atoms with E-state index in [1.165, 1.54) is 5.56 Å². The maximum Gasteiger partial charge on any atom is 0.256 e. The molecule has 0 aliphatic carbocycles. The van der Waals surface area contributed by atoms with Crippen LogP contribution in [0, 0.1) is 0 Å². The number of pyridine rings is 1. The van der Waals surface area contributed by atoms with Crippen LogP contribution < -0.4 is 10.1 Å². The lowest BCUT2D eigenvalue weighted by atomic mass is 10.1. The SMILES string of the molecule is CCNC(=O)c1cccnc1OC1CCN(C(=O)c2ccc(CC)cc2)C1. The van der Waals surface area contributed by atoms with E-state index >= 15 is 0 Å². The number of amides is 2. The minimum Gasteiger partial charge on any atom is -0.472 e. The fourth-order valence-corrected chi connectivity index (χ4v) is 3.15. The fraction of sp³-hybridized carbons (Fsp3) is 0.381. The molecule has 0 spiro atoms. The molecule has 1 fully saturated rings. The summed E-state index contributed by atoms with van der Waals surface area (Å²) in [6, 6.07) is 11.1. The van der Waals surface area contributed by atoms with Crippen LogP contribution in [0.4, 0.5) is 0 Å². The molecule has 6 nitrogen and oxygen atoms in total. The second-order valence-electron chi connectivity index (χ2n) is 6.55.